The van der Waals surface area contributed by atoms with E-state index in [1.165, 1.54) is 12.4 Å². The van der Waals surface area contributed by atoms with E-state index in [4.69, 9.17) is 5.73 Å². The Morgan fingerprint density at radius 2 is 2.00 bits per heavy atom. The number of piperidine rings is 1. The van der Waals surface area contributed by atoms with Gasteiger partial charge in [0.15, 0.2) is 6.04 Å². The molecule has 0 radical (unpaired) electrons. The van der Waals surface area contributed by atoms with Crippen LogP contribution in [0, 0.1) is 17.2 Å². The van der Waals surface area contributed by atoms with Crippen molar-refractivity contribution in [3.8, 4) is 6.07 Å². The number of hydrogen-bond donors (Lipinski definition) is 2. The van der Waals surface area contributed by atoms with Crippen molar-refractivity contribution in [3.05, 3.63) is 30.1 Å². The maximum atomic E-state index is 12.7. The van der Waals surface area contributed by atoms with E-state index in [1.807, 2.05) is 11.8 Å². The molecule has 2 aromatic rings. The maximum Gasteiger partial charge on any atom is 0.412 e. The highest BCUT2D eigenvalue weighted by Gasteiger charge is 2.43. The topological polar surface area (TPSA) is 108 Å². The molecule has 1 amide bonds. The van der Waals surface area contributed by atoms with E-state index in [-0.39, 0.29) is 5.92 Å². The minimum Gasteiger partial charge on any atom is -0.367 e. The van der Waals surface area contributed by atoms with Crippen LogP contribution in [0.2, 0.25) is 0 Å². The number of rotatable bonds is 3. The van der Waals surface area contributed by atoms with E-state index >= 15 is 0 Å². The fourth-order valence-electron chi connectivity index (χ4n) is 3.48. The van der Waals surface area contributed by atoms with Gasteiger partial charge in [-0.1, -0.05) is 6.92 Å². The Balaban J connectivity index is 1.85. The number of benzene rings is 1. The lowest BCUT2D eigenvalue weighted by Gasteiger charge is -2.38. The van der Waals surface area contributed by atoms with Crippen molar-refractivity contribution in [1.29, 1.82) is 5.26 Å². The fourth-order valence-corrected chi connectivity index (χ4v) is 3.48. The SMILES string of the molecule is C[C@H]1C[C@@H](NC(=O)C(N)C(F)(F)F)CN(c2ccc(C#N)c3nccnc23)C1. The lowest BCUT2D eigenvalue weighted by atomic mass is 9.94. The summed E-state index contributed by atoms with van der Waals surface area (Å²) in [5.74, 6) is -1.13. The van der Waals surface area contributed by atoms with E-state index < -0.39 is 24.2 Å². The minimum atomic E-state index is -4.79. The van der Waals surface area contributed by atoms with Crippen LogP contribution in [0.15, 0.2) is 24.5 Å². The molecular formula is C18H19F3N6O. The highest BCUT2D eigenvalue weighted by molar-refractivity contribution is 5.92. The number of nitriles is 1. The molecule has 7 nitrogen and oxygen atoms in total. The maximum absolute atomic E-state index is 12.7. The van der Waals surface area contributed by atoms with Crippen LogP contribution < -0.4 is 16.0 Å². The number of hydrogen-bond acceptors (Lipinski definition) is 6. The van der Waals surface area contributed by atoms with Crippen LogP contribution in [-0.4, -0.2) is 47.2 Å². The molecule has 3 rings (SSSR count). The lowest BCUT2D eigenvalue weighted by Crippen LogP contribution is -2.57. The van der Waals surface area contributed by atoms with Gasteiger partial charge in [-0.15, -0.1) is 0 Å². The van der Waals surface area contributed by atoms with E-state index in [2.05, 4.69) is 21.4 Å². The lowest BCUT2D eigenvalue weighted by molar-refractivity contribution is -0.163. The molecular weight excluding hydrogens is 373 g/mol. The first-order valence-electron chi connectivity index (χ1n) is 8.72. The smallest absolute Gasteiger partial charge is 0.367 e. The third-order valence-electron chi connectivity index (χ3n) is 4.71. The quantitative estimate of drug-likeness (QED) is 0.824. The zero-order valence-corrected chi connectivity index (χ0v) is 15.1. The summed E-state index contributed by atoms with van der Waals surface area (Å²) in [6, 6.07) is 2.40. The highest BCUT2D eigenvalue weighted by atomic mass is 19.4. The molecule has 1 aliphatic rings. The third kappa shape index (κ3) is 3.99. The number of nitrogens with one attached hydrogen (secondary N) is 1. The molecule has 2 heterocycles. The Morgan fingerprint density at radius 1 is 1.32 bits per heavy atom. The van der Waals surface area contributed by atoms with E-state index in [1.54, 1.807) is 12.1 Å². The van der Waals surface area contributed by atoms with Gasteiger partial charge in [0.2, 0.25) is 5.91 Å². The summed E-state index contributed by atoms with van der Waals surface area (Å²) in [6.07, 6.45) is -1.25. The van der Waals surface area contributed by atoms with Crippen molar-refractivity contribution < 1.29 is 18.0 Å². The van der Waals surface area contributed by atoms with Gasteiger partial charge in [-0.05, 0) is 24.5 Å². The number of anilines is 1. The molecule has 1 unspecified atom stereocenters. The Kier molecular flexibility index (Phi) is 5.38. The Labute approximate surface area is 159 Å². The number of nitrogens with two attached hydrogens (primary N) is 1. The van der Waals surface area contributed by atoms with Gasteiger partial charge in [-0.25, -0.2) is 0 Å². The largest absolute Gasteiger partial charge is 0.412 e. The van der Waals surface area contributed by atoms with Crippen LogP contribution in [-0.2, 0) is 4.79 Å². The molecule has 1 aromatic carbocycles. The molecule has 1 saturated heterocycles. The average Bonchev–Trinajstić information content (AvgIpc) is 2.65. The highest BCUT2D eigenvalue weighted by Crippen LogP contribution is 2.30. The van der Waals surface area contributed by atoms with Gasteiger partial charge >= 0.3 is 6.18 Å². The summed E-state index contributed by atoms with van der Waals surface area (Å²) < 4.78 is 38.0. The molecule has 1 aromatic heterocycles. The molecule has 1 fully saturated rings. The summed E-state index contributed by atoms with van der Waals surface area (Å²) in [4.78, 5) is 22.4. The first-order valence-corrected chi connectivity index (χ1v) is 8.72. The summed E-state index contributed by atoms with van der Waals surface area (Å²) in [6.45, 7) is 2.89. The molecule has 28 heavy (non-hydrogen) atoms. The van der Waals surface area contributed by atoms with Gasteiger partial charge in [0.1, 0.15) is 17.1 Å². The van der Waals surface area contributed by atoms with Crippen LogP contribution in [0.4, 0.5) is 18.9 Å². The molecule has 1 aliphatic heterocycles. The second-order valence-corrected chi connectivity index (χ2v) is 6.97. The second-order valence-electron chi connectivity index (χ2n) is 6.97. The first-order chi connectivity index (χ1) is 13.2. The zero-order valence-electron chi connectivity index (χ0n) is 15.1. The van der Waals surface area contributed by atoms with E-state index in [0.29, 0.717) is 41.8 Å². The molecule has 10 heteroatoms. The van der Waals surface area contributed by atoms with Crippen LogP contribution in [0.25, 0.3) is 11.0 Å². The zero-order chi connectivity index (χ0) is 20.5. The van der Waals surface area contributed by atoms with Gasteiger partial charge in [-0.3, -0.25) is 14.8 Å². The predicted octanol–water partition coefficient (Wildman–Crippen LogP) is 1.72. The van der Waals surface area contributed by atoms with Gasteiger partial charge in [0, 0.05) is 31.5 Å². The molecule has 0 aliphatic carbocycles. The van der Waals surface area contributed by atoms with Crippen molar-refractivity contribution >= 4 is 22.6 Å². The van der Waals surface area contributed by atoms with Crippen LogP contribution >= 0.6 is 0 Å². The average molecular weight is 392 g/mol. The van der Waals surface area contributed by atoms with Crippen molar-refractivity contribution in [1.82, 2.24) is 15.3 Å². The molecule has 0 saturated carbocycles. The van der Waals surface area contributed by atoms with Gasteiger partial charge in [0.05, 0.1) is 11.3 Å². The normalized spacial score (nSPS) is 21.2. The number of nitrogens with zero attached hydrogens (tertiary/aromatic N) is 4. The number of fused-ring (bicyclic) bond motifs is 1. The summed E-state index contributed by atoms with van der Waals surface area (Å²) in [5, 5.41) is 11.7. The van der Waals surface area contributed by atoms with Crippen molar-refractivity contribution in [3.63, 3.8) is 0 Å². The Bertz CT molecular complexity index is 926. The molecule has 0 bridgehead atoms. The van der Waals surface area contributed by atoms with Crippen molar-refractivity contribution in [2.75, 3.05) is 18.0 Å². The van der Waals surface area contributed by atoms with Gasteiger partial charge < -0.3 is 16.0 Å². The molecule has 3 N–H and O–H groups in total. The monoisotopic (exact) mass is 392 g/mol. The van der Waals surface area contributed by atoms with Crippen LogP contribution in [0.5, 0.6) is 0 Å². The Hall–Kier alpha value is -2.93. The minimum absolute atomic E-state index is 0.114. The number of aromatic nitrogens is 2. The molecule has 0 spiro atoms. The van der Waals surface area contributed by atoms with E-state index in [0.717, 1.165) is 0 Å². The standard InChI is InChI=1S/C18H19F3N6O/c1-10-6-12(26-17(28)16(23)18(19,20)21)9-27(8-10)13-3-2-11(7-22)14-15(13)25-5-4-24-14/h2-5,10,12,16H,6,8-9,23H2,1H3,(H,26,28)/t10-,12+,16?/m0/s1. The fraction of sp³-hybridized carbons (Fsp3) is 0.444. The summed E-state index contributed by atoms with van der Waals surface area (Å²) >= 11 is 0. The van der Waals surface area contributed by atoms with Crippen molar-refractivity contribution in [2.24, 2.45) is 11.7 Å². The summed E-state index contributed by atoms with van der Waals surface area (Å²) in [7, 11) is 0. The first kappa shape index (κ1) is 19.8. The number of carbonyl (C=O) groups is 1. The molecule has 148 valence electrons. The number of alkyl halides is 3. The Morgan fingerprint density at radius 3 is 2.64 bits per heavy atom. The van der Waals surface area contributed by atoms with Gasteiger partial charge in [-0.2, -0.15) is 18.4 Å². The predicted molar refractivity (Wildman–Crippen MR) is 96.2 cm³/mol. The summed E-state index contributed by atoms with van der Waals surface area (Å²) in [5.41, 5.74) is 7.10. The third-order valence-corrected chi connectivity index (χ3v) is 4.71. The second kappa shape index (κ2) is 7.59. The van der Waals surface area contributed by atoms with Crippen LogP contribution in [0.3, 0.4) is 0 Å². The van der Waals surface area contributed by atoms with Crippen LogP contribution in [0.1, 0.15) is 18.9 Å². The number of halogens is 3. The van der Waals surface area contributed by atoms with E-state index in [9.17, 15) is 23.2 Å². The molecule has 3 atom stereocenters. The number of carbonyl (C=O) groups excluding carboxylic acids is 1. The number of amides is 1. The van der Waals surface area contributed by atoms with Crippen molar-refractivity contribution in [2.45, 2.75) is 31.6 Å². The van der Waals surface area contributed by atoms with Gasteiger partial charge in [0.25, 0.3) is 0 Å².